The molecule has 0 rings (SSSR count). The molecule has 0 saturated heterocycles. The van der Waals surface area contributed by atoms with Crippen molar-refractivity contribution >= 4 is 0 Å². The third-order valence-electron chi connectivity index (χ3n) is 1.18. The Morgan fingerprint density at radius 2 is 1.80 bits per heavy atom. The van der Waals surface area contributed by atoms with Crippen LogP contribution in [-0.2, 0) is 9.47 Å². The first-order chi connectivity index (χ1) is 4.91. The monoisotopic (exact) mass is 145 g/mol. The second-order valence-electron chi connectivity index (χ2n) is 2.23. The van der Waals surface area contributed by atoms with Crippen molar-refractivity contribution in [1.29, 1.82) is 0 Å². The lowest BCUT2D eigenvalue weighted by atomic mass is 10.3. The lowest BCUT2D eigenvalue weighted by Gasteiger charge is -2.00. The first kappa shape index (κ1) is 9.92. The van der Waals surface area contributed by atoms with Crippen molar-refractivity contribution in [2.24, 2.45) is 0 Å². The topological polar surface area (TPSA) is 18.5 Å². The Kier molecular flexibility index (Phi) is 8.85. The SMILES string of the molecule is [CH2]OCCCCOCCC. The summed E-state index contributed by atoms with van der Waals surface area (Å²) in [5.41, 5.74) is 0. The molecule has 0 aromatic rings. The highest BCUT2D eigenvalue weighted by atomic mass is 16.5. The molecule has 0 spiro atoms. The maximum absolute atomic E-state index is 5.25. The van der Waals surface area contributed by atoms with Crippen molar-refractivity contribution in [1.82, 2.24) is 0 Å². The van der Waals surface area contributed by atoms with E-state index in [9.17, 15) is 0 Å². The molecule has 2 heteroatoms. The van der Waals surface area contributed by atoms with E-state index in [0.717, 1.165) is 39.1 Å². The molecule has 61 valence electrons. The molecule has 0 aromatic heterocycles. The molecule has 0 unspecified atom stereocenters. The molecule has 0 aliphatic rings. The van der Waals surface area contributed by atoms with Crippen molar-refractivity contribution in [2.45, 2.75) is 26.2 Å². The molecular formula is C8H17O2. The predicted octanol–water partition coefficient (Wildman–Crippen LogP) is 2.00. The quantitative estimate of drug-likeness (QED) is 0.510. The number of hydrogen-bond donors (Lipinski definition) is 0. The number of unbranched alkanes of at least 4 members (excludes halogenated alkanes) is 1. The van der Waals surface area contributed by atoms with Gasteiger partial charge in [0.2, 0.25) is 0 Å². The Morgan fingerprint density at radius 3 is 2.40 bits per heavy atom. The first-order valence-electron chi connectivity index (χ1n) is 3.86. The fraction of sp³-hybridized carbons (Fsp3) is 0.875. The molecule has 0 N–H and O–H groups in total. The number of hydrogen-bond acceptors (Lipinski definition) is 2. The van der Waals surface area contributed by atoms with E-state index in [-0.39, 0.29) is 0 Å². The molecule has 0 atom stereocenters. The zero-order chi connectivity index (χ0) is 7.66. The average Bonchev–Trinajstić information content (AvgIpc) is 1.97. The van der Waals surface area contributed by atoms with E-state index in [4.69, 9.17) is 4.74 Å². The van der Waals surface area contributed by atoms with Gasteiger partial charge in [-0.05, 0) is 19.3 Å². The van der Waals surface area contributed by atoms with Crippen LogP contribution < -0.4 is 0 Å². The summed E-state index contributed by atoms with van der Waals surface area (Å²) in [5, 5.41) is 0. The maximum Gasteiger partial charge on any atom is 0.0700 e. The molecule has 0 amide bonds. The molecule has 0 saturated carbocycles. The van der Waals surface area contributed by atoms with E-state index in [2.05, 4.69) is 18.8 Å². The van der Waals surface area contributed by atoms with Gasteiger partial charge < -0.3 is 9.47 Å². The lowest BCUT2D eigenvalue weighted by molar-refractivity contribution is 0.123. The van der Waals surface area contributed by atoms with Gasteiger partial charge in [0.1, 0.15) is 0 Å². The minimum Gasteiger partial charge on any atom is -0.381 e. The van der Waals surface area contributed by atoms with E-state index in [0.29, 0.717) is 0 Å². The van der Waals surface area contributed by atoms with Crippen LogP contribution in [0.4, 0.5) is 0 Å². The Labute approximate surface area is 63.5 Å². The Morgan fingerprint density at radius 1 is 1.10 bits per heavy atom. The fourth-order valence-electron chi connectivity index (χ4n) is 0.655. The van der Waals surface area contributed by atoms with Gasteiger partial charge in [0.25, 0.3) is 0 Å². The Balaban J connectivity index is 2.65. The zero-order valence-corrected chi connectivity index (χ0v) is 6.77. The maximum atomic E-state index is 5.25. The van der Waals surface area contributed by atoms with Crippen LogP contribution >= 0.6 is 0 Å². The third kappa shape index (κ3) is 7.92. The predicted molar refractivity (Wildman–Crippen MR) is 41.7 cm³/mol. The van der Waals surface area contributed by atoms with Crippen LogP contribution in [0.2, 0.25) is 0 Å². The number of rotatable bonds is 7. The zero-order valence-electron chi connectivity index (χ0n) is 6.77. The van der Waals surface area contributed by atoms with Crippen LogP contribution in [0.3, 0.4) is 0 Å². The fourth-order valence-corrected chi connectivity index (χ4v) is 0.655. The lowest BCUT2D eigenvalue weighted by Crippen LogP contribution is -1.97. The molecule has 10 heavy (non-hydrogen) atoms. The molecule has 2 nitrogen and oxygen atoms in total. The summed E-state index contributed by atoms with van der Waals surface area (Å²) in [7, 11) is 3.28. The standard InChI is InChI=1S/C8H17O2/c1-3-6-10-8-5-4-7-9-2/h2-8H2,1H3. The molecule has 0 aliphatic heterocycles. The van der Waals surface area contributed by atoms with E-state index in [1.807, 2.05) is 0 Å². The van der Waals surface area contributed by atoms with E-state index in [1.165, 1.54) is 0 Å². The van der Waals surface area contributed by atoms with Gasteiger partial charge in [-0.1, -0.05) is 6.92 Å². The molecule has 0 heterocycles. The summed E-state index contributed by atoms with van der Waals surface area (Å²) in [6, 6.07) is 0. The summed E-state index contributed by atoms with van der Waals surface area (Å²) in [6.07, 6.45) is 3.23. The Hall–Kier alpha value is -0.0800. The number of ether oxygens (including phenoxy) is 2. The second kappa shape index (κ2) is 8.92. The molecule has 0 aliphatic carbocycles. The van der Waals surface area contributed by atoms with Crippen LogP contribution in [0.1, 0.15) is 26.2 Å². The summed E-state index contributed by atoms with van der Waals surface area (Å²) in [6.45, 7) is 4.59. The van der Waals surface area contributed by atoms with Crippen LogP contribution in [-0.4, -0.2) is 19.8 Å². The van der Waals surface area contributed by atoms with Gasteiger partial charge in [0, 0.05) is 19.8 Å². The van der Waals surface area contributed by atoms with Gasteiger partial charge in [-0.2, -0.15) is 0 Å². The molecular weight excluding hydrogens is 128 g/mol. The average molecular weight is 145 g/mol. The smallest absolute Gasteiger partial charge is 0.0700 e. The first-order valence-corrected chi connectivity index (χ1v) is 3.86. The van der Waals surface area contributed by atoms with E-state index < -0.39 is 0 Å². The van der Waals surface area contributed by atoms with Gasteiger partial charge in [-0.3, -0.25) is 0 Å². The minimum atomic E-state index is 0.746. The van der Waals surface area contributed by atoms with Gasteiger partial charge in [-0.15, -0.1) is 0 Å². The summed E-state index contributed by atoms with van der Waals surface area (Å²) in [4.78, 5) is 0. The van der Waals surface area contributed by atoms with Crippen LogP contribution in [0.15, 0.2) is 0 Å². The minimum absolute atomic E-state index is 0.746. The highest BCUT2D eigenvalue weighted by molar-refractivity contribution is 4.37. The van der Waals surface area contributed by atoms with Crippen molar-refractivity contribution in [3.05, 3.63) is 7.11 Å². The summed E-state index contributed by atoms with van der Waals surface area (Å²) >= 11 is 0. The van der Waals surface area contributed by atoms with Gasteiger partial charge in [0.15, 0.2) is 0 Å². The van der Waals surface area contributed by atoms with E-state index >= 15 is 0 Å². The van der Waals surface area contributed by atoms with E-state index in [1.54, 1.807) is 0 Å². The highest BCUT2D eigenvalue weighted by Crippen LogP contribution is 1.91. The third-order valence-corrected chi connectivity index (χ3v) is 1.18. The highest BCUT2D eigenvalue weighted by Gasteiger charge is 1.87. The van der Waals surface area contributed by atoms with Crippen LogP contribution in [0.5, 0.6) is 0 Å². The van der Waals surface area contributed by atoms with Crippen molar-refractivity contribution in [3.8, 4) is 0 Å². The van der Waals surface area contributed by atoms with Crippen molar-refractivity contribution in [3.63, 3.8) is 0 Å². The summed E-state index contributed by atoms with van der Waals surface area (Å²) < 4.78 is 9.90. The van der Waals surface area contributed by atoms with Gasteiger partial charge >= 0.3 is 0 Å². The Bertz CT molecular complexity index is 47.2. The largest absolute Gasteiger partial charge is 0.381 e. The second-order valence-corrected chi connectivity index (χ2v) is 2.23. The molecule has 0 bridgehead atoms. The molecule has 0 fully saturated rings. The summed E-state index contributed by atoms with van der Waals surface area (Å²) in [5.74, 6) is 0. The van der Waals surface area contributed by atoms with Gasteiger partial charge in [-0.25, -0.2) is 0 Å². The molecule has 0 aromatic carbocycles. The molecule has 1 radical (unpaired) electrons. The van der Waals surface area contributed by atoms with Crippen molar-refractivity contribution < 1.29 is 9.47 Å². The van der Waals surface area contributed by atoms with Crippen LogP contribution in [0.25, 0.3) is 0 Å². The van der Waals surface area contributed by atoms with Crippen LogP contribution in [0, 0.1) is 7.11 Å². The normalized spacial score (nSPS) is 10.2. The van der Waals surface area contributed by atoms with Crippen molar-refractivity contribution in [2.75, 3.05) is 19.8 Å². The van der Waals surface area contributed by atoms with Gasteiger partial charge in [0.05, 0.1) is 7.11 Å².